The number of amides is 1. The van der Waals surface area contributed by atoms with Crippen molar-refractivity contribution in [2.24, 2.45) is 0 Å². The van der Waals surface area contributed by atoms with Gasteiger partial charge >= 0.3 is 18.9 Å². The number of benzene rings is 3. The number of aryl methyl sites for hydroxylation is 7. The third-order valence-electron chi connectivity index (χ3n) is 6.21. The molecule has 0 aliphatic heterocycles. The fourth-order valence-electron chi connectivity index (χ4n) is 4.93. The van der Waals surface area contributed by atoms with E-state index in [0.29, 0.717) is 5.69 Å². The molecule has 0 aliphatic carbocycles. The van der Waals surface area contributed by atoms with E-state index in [1.165, 1.54) is 5.56 Å². The Balaban J connectivity index is 0.00000228. The van der Waals surface area contributed by atoms with Crippen LogP contribution in [0.1, 0.15) is 50.9 Å². The van der Waals surface area contributed by atoms with Gasteiger partial charge in [-0.1, -0.05) is 53.1 Å². The first-order chi connectivity index (χ1) is 16.1. The molecule has 1 amide bonds. The van der Waals surface area contributed by atoms with E-state index in [-0.39, 0.29) is 31.8 Å². The van der Waals surface area contributed by atoms with Gasteiger partial charge in [-0.15, -0.1) is 0 Å². The summed E-state index contributed by atoms with van der Waals surface area (Å²) in [6.45, 7) is 14.3. The number of imidazole rings is 1. The van der Waals surface area contributed by atoms with Crippen LogP contribution >= 0.6 is 0 Å². The second-order valence-electron chi connectivity index (χ2n) is 9.36. The van der Waals surface area contributed by atoms with Gasteiger partial charge in [-0.3, -0.25) is 19.3 Å². The van der Waals surface area contributed by atoms with E-state index in [4.69, 9.17) is 0 Å². The molecule has 2 N–H and O–H groups in total. The van der Waals surface area contributed by atoms with E-state index < -0.39 is 0 Å². The molecule has 0 fully saturated rings. The monoisotopic (exact) mass is 460 g/mol. The molecule has 176 valence electrons. The molecule has 0 aliphatic rings. The molecule has 5 nitrogen and oxygen atoms in total. The van der Waals surface area contributed by atoms with Crippen molar-refractivity contribution >= 4 is 11.6 Å². The van der Waals surface area contributed by atoms with Crippen molar-refractivity contribution in [1.29, 1.82) is 5.41 Å². The van der Waals surface area contributed by atoms with Gasteiger partial charge in [0.05, 0.1) is 11.4 Å². The minimum absolute atomic E-state index is 0. The zero-order valence-corrected chi connectivity index (χ0v) is 22.0. The second-order valence-corrected chi connectivity index (χ2v) is 9.36. The summed E-state index contributed by atoms with van der Waals surface area (Å²) in [5.74, 6) is -0.252. The van der Waals surface area contributed by atoms with Crippen LogP contribution in [0.5, 0.6) is 0 Å². The van der Waals surface area contributed by atoms with Gasteiger partial charge in [0.2, 0.25) is 5.62 Å². The van der Waals surface area contributed by atoms with Crippen molar-refractivity contribution in [2.75, 3.05) is 5.32 Å². The van der Waals surface area contributed by atoms with Crippen LogP contribution in [0.2, 0.25) is 0 Å². The van der Waals surface area contributed by atoms with Gasteiger partial charge in [-0.05, 0) is 82.9 Å². The van der Waals surface area contributed by atoms with Crippen molar-refractivity contribution in [1.82, 2.24) is 9.13 Å². The van der Waals surface area contributed by atoms with Crippen LogP contribution in [-0.2, 0) is 0 Å². The molecule has 1 aromatic heterocycles. The molecule has 4 rings (SSSR count). The molecular formula is C29H33LiN4O. The Kier molecular flexibility index (Phi) is 7.64. The molecule has 35 heavy (non-hydrogen) atoms. The predicted octanol–water partition coefficient (Wildman–Crippen LogP) is 3.28. The van der Waals surface area contributed by atoms with E-state index >= 15 is 0 Å². The zero-order valence-electron chi connectivity index (χ0n) is 23.0. The molecule has 0 spiro atoms. The summed E-state index contributed by atoms with van der Waals surface area (Å²) < 4.78 is 3.60. The van der Waals surface area contributed by atoms with Crippen LogP contribution in [0.15, 0.2) is 54.7 Å². The van der Waals surface area contributed by atoms with Crippen LogP contribution in [0.4, 0.5) is 5.69 Å². The molecule has 3 aromatic carbocycles. The average Bonchev–Trinajstić information content (AvgIpc) is 3.05. The van der Waals surface area contributed by atoms with Gasteiger partial charge in [0.15, 0.2) is 0 Å². The average molecular weight is 461 g/mol. The number of nitrogens with one attached hydrogen (secondary N) is 2. The van der Waals surface area contributed by atoms with Crippen LogP contribution < -0.4 is 29.8 Å². The Morgan fingerprint density at radius 2 is 1.20 bits per heavy atom. The minimum atomic E-state index is -0.252. The fourth-order valence-corrected chi connectivity index (χ4v) is 4.93. The van der Waals surface area contributed by atoms with Crippen molar-refractivity contribution in [2.45, 2.75) is 48.5 Å². The van der Waals surface area contributed by atoms with Gasteiger partial charge in [0, 0.05) is 11.9 Å². The smallest absolute Gasteiger partial charge is 1.00 e. The molecule has 1 heterocycles. The summed E-state index contributed by atoms with van der Waals surface area (Å²) >= 11 is 0. The quantitative estimate of drug-likeness (QED) is 0.451. The first kappa shape index (κ1) is 26.3. The molecule has 0 radical (unpaired) electrons. The summed E-state index contributed by atoms with van der Waals surface area (Å²) in [6.07, 6.45) is 1.79. The second kappa shape index (κ2) is 10.2. The number of hydrogen-bond acceptors (Lipinski definition) is 2. The summed E-state index contributed by atoms with van der Waals surface area (Å²) in [5.41, 5.74) is 10.8. The number of hydrogen-bond donors (Lipinski definition) is 2. The topological polar surface area (TPSA) is 62.8 Å². The van der Waals surface area contributed by atoms with Crippen molar-refractivity contribution in [3.05, 3.63) is 105 Å². The molecule has 6 heteroatoms. The predicted molar refractivity (Wildman–Crippen MR) is 140 cm³/mol. The number of aromatic nitrogens is 2. The molecule has 0 atom stereocenters. The molecule has 0 saturated carbocycles. The van der Waals surface area contributed by atoms with Crippen LogP contribution in [0, 0.1) is 53.9 Å². The number of carbonyl (C=O) groups is 1. The normalized spacial score (nSPS) is 10.7. The van der Waals surface area contributed by atoms with Crippen LogP contribution in [-0.4, -0.2) is 15.0 Å². The van der Waals surface area contributed by atoms with Gasteiger partial charge < -0.3 is 6.74 Å². The number of rotatable bonds is 4. The molecule has 0 bridgehead atoms. The summed E-state index contributed by atoms with van der Waals surface area (Å²) in [7, 11) is 0. The van der Waals surface area contributed by atoms with Crippen LogP contribution in [0.3, 0.4) is 0 Å². The van der Waals surface area contributed by atoms with Crippen molar-refractivity contribution < 1.29 is 25.1 Å². The fraction of sp³-hybridized carbons (Fsp3) is 0.241. The van der Waals surface area contributed by atoms with E-state index in [1.54, 1.807) is 10.8 Å². The first-order valence-electron chi connectivity index (χ1n) is 11.5. The largest absolute Gasteiger partial charge is 1.00 e. The Hall–Kier alpha value is -3.26. The summed E-state index contributed by atoms with van der Waals surface area (Å²) in [5, 5.41) is 12.2. The number of nitrogens with zero attached hydrogens (tertiary/aromatic N) is 2. The van der Waals surface area contributed by atoms with Crippen molar-refractivity contribution in [3.63, 3.8) is 0 Å². The third-order valence-corrected chi connectivity index (χ3v) is 6.21. The van der Waals surface area contributed by atoms with E-state index in [0.717, 1.165) is 50.4 Å². The first-order valence-corrected chi connectivity index (χ1v) is 11.5. The SMILES string of the molecule is Cc1ccc(NC(=O)c2cn(-c3c(C)cc(C)cc3C)c(=N)n2-c2c(C)cc(C)cc2C)cc1.[H-].[Li+]. The van der Waals surface area contributed by atoms with E-state index in [9.17, 15) is 10.2 Å². The number of anilines is 1. The molecule has 0 unspecified atom stereocenters. The van der Waals surface area contributed by atoms with Gasteiger partial charge in [0.25, 0.3) is 5.91 Å². The molecule has 4 aromatic rings. The molecule has 0 saturated heterocycles. The maximum atomic E-state index is 13.6. The number of carbonyl (C=O) groups excluding carboxylic acids is 1. The van der Waals surface area contributed by atoms with Gasteiger partial charge in [-0.2, -0.15) is 0 Å². The van der Waals surface area contributed by atoms with Crippen molar-refractivity contribution in [3.8, 4) is 11.4 Å². The Bertz CT molecular complexity index is 1440. The standard InChI is InChI=1S/C29H32N4O.Li.H/c1-17-8-10-24(11-9-17)31-28(34)25-16-32(26-20(4)12-18(2)13-21(26)5)29(30)33(25)27-22(6)14-19(3)15-23(27)7;;/h8-16,30H,1-7H3,(H,31,34);;/q;+1;-1. The van der Waals surface area contributed by atoms with E-state index in [2.05, 4.69) is 43.4 Å². The Morgan fingerprint density at radius 1 is 0.743 bits per heavy atom. The molecular weight excluding hydrogens is 427 g/mol. The minimum Gasteiger partial charge on any atom is -1.00 e. The Morgan fingerprint density at radius 3 is 1.69 bits per heavy atom. The maximum Gasteiger partial charge on any atom is 1.00 e. The summed E-state index contributed by atoms with van der Waals surface area (Å²) in [6, 6.07) is 16.1. The van der Waals surface area contributed by atoms with Crippen LogP contribution in [0.25, 0.3) is 11.4 Å². The van der Waals surface area contributed by atoms with E-state index in [1.807, 2.05) is 63.5 Å². The third kappa shape index (κ3) is 5.07. The zero-order chi connectivity index (χ0) is 24.7. The van der Waals surface area contributed by atoms with Gasteiger partial charge in [-0.25, -0.2) is 0 Å². The maximum absolute atomic E-state index is 13.6. The summed E-state index contributed by atoms with van der Waals surface area (Å²) in [4.78, 5) is 13.6. The Labute approximate surface area is 221 Å². The van der Waals surface area contributed by atoms with Gasteiger partial charge in [0.1, 0.15) is 5.69 Å².